The number of esters is 1. The van der Waals surface area contributed by atoms with Crippen molar-refractivity contribution in [3.8, 4) is 0 Å². The number of carbonyl (C=O) groups excluding carboxylic acids is 1. The Labute approximate surface area is 69.6 Å². The summed E-state index contributed by atoms with van der Waals surface area (Å²) in [7, 11) is 0. The minimum atomic E-state index is -2.94. The summed E-state index contributed by atoms with van der Waals surface area (Å²) in [6, 6.07) is 0. The van der Waals surface area contributed by atoms with Gasteiger partial charge in [-0.25, -0.2) is 0 Å². The van der Waals surface area contributed by atoms with Crippen LogP contribution in [0.15, 0.2) is 0 Å². The van der Waals surface area contributed by atoms with Crippen LogP contribution in [0, 0.1) is 5.92 Å². The summed E-state index contributed by atoms with van der Waals surface area (Å²) in [5.74, 6) is -4.93. The SMILES string of the molecule is O=C1OCCCCC1C(O)(O)O. The lowest BCUT2D eigenvalue weighted by molar-refractivity contribution is -0.337. The molecule has 0 aliphatic carbocycles. The van der Waals surface area contributed by atoms with Crippen LogP contribution in [-0.4, -0.2) is 33.9 Å². The quantitative estimate of drug-likeness (QED) is 0.351. The fourth-order valence-corrected chi connectivity index (χ4v) is 1.19. The Morgan fingerprint density at radius 3 is 2.58 bits per heavy atom. The van der Waals surface area contributed by atoms with Gasteiger partial charge in [0.1, 0.15) is 5.92 Å². The minimum absolute atomic E-state index is 0.238. The number of ether oxygens (including phenoxy) is 1. The van der Waals surface area contributed by atoms with Crippen LogP contribution in [0.2, 0.25) is 0 Å². The molecule has 5 nitrogen and oxygen atoms in total. The first kappa shape index (κ1) is 9.44. The van der Waals surface area contributed by atoms with Crippen molar-refractivity contribution >= 4 is 5.97 Å². The molecule has 3 N–H and O–H groups in total. The number of rotatable bonds is 1. The van der Waals surface area contributed by atoms with Gasteiger partial charge < -0.3 is 20.1 Å². The zero-order chi connectivity index (χ0) is 9.19. The topological polar surface area (TPSA) is 87.0 Å². The molecular weight excluding hydrogens is 164 g/mol. The molecule has 1 aliphatic heterocycles. The van der Waals surface area contributed by atoms with Crippen LogP contribution in [0.3, 0.4) is 0 Å². The highest BCUT2D eigenvalue weighted by Gasteiger charge is 2.40. The Hall–Kier alpha value is -0.650. The van der Waals surface area contributed by atoms with Gasteiger partial charge in [-0.3, -0.25) is 4.79 Å². The van der Waals surface area contributed by atoms with E-state index in [1.54, 1.807) is 0 Å². The van der Waals surface area contributed by atoms with E-state index in [9.17, 15) is 4.79 Å². The number of hydrogen-bond acceptors (Lipinski definition) is 5. The summed E-state index contributed by atoms with van der Waals surface area (Å²) in [6.07, 6.45) is 1.57. The largest absolute Gasteiger partial charge is 0.465 e. The summed E-state index contributed by atoms with van der Waals surface area (Å²) in [6.45, 7) is 0.283. The molecule has 1 saturated heterocycles. The minimum Gasteiger partial charge on any atom is -0.465 e. The van der Waals surface area contributed by atoms with E-state index in [-0.39, 0.29) is 13.0 Å². The third-order valence-corrected chi connectivity index (χ3v) is 1.88. The first-order valence-corrected chi connectivity index (χ1v) is 3.85. The van der Waals surface area contributed by atoms with Crippen molar-refractivity contribution in [2.45, 2.75) is 25.2 Å². The summed E-state index contributed by atoms with van der Waals surface area (Å²) in [4.78, 5) is 11.0. The Kier molecular flexibility index (Phi) is 2.66. The summed E-state index contributed by atoms with van der Waals surface area (Å²) in [5, 5.41) is 26.2. The maximum atomic E-state index is 11.0. The van der Waals surface area contributed by atoms with Gasteiger partial charge in [0.05, 0.1) is 6.61 Å². The monoisotopic (exact) mass is 176 g/mol. The first-order valence-electron chi connectivity index (χ1n) is 3.85. The zero-order valence-electron chi connectivity index (χ0n) is 6.56. The van der Waals surface area contributed by atoms with E-state index in [1.165, 1.54) is 0 Å². The Morgan fingerprint density at radius 1 is 1.33 bits per heavy atom. The van der Waals surface area contributed by atoms with E-state index in [4.69, 9.17) is 15.3 Å². The molecular formula is C7H12O5. The molecule has 1 rings (SSSR count). The van der Waals surface area contributed by atoms with Crippen LogP contribution in [0.1, 0.15) is 19.3 Å². The average molecular weight is 176 g/mol. The van der Waals surface area contributed by atoms with E-state index in [2.05, 4.69) is 4.74 Å². The predicted octanol–water partition coefficient (Wildman–Crippen LogP) is -1.04. The van der Waals surface area contributed by atoms with E-state index < -0.39 is 17.9 Å². The first-order chi connectivity index (χ1) is 5.52. The molecule has 0 aromatic rings. The fourth-order valence-electron chi connectivity index (χ4n) is 1.19. The molecule has 0 aromatic carbocycles. The highest BCUT2D eigenvalue weighted by molar-refractivity contribution is 5.73. The van der Waals surface area contributed by atoms with Crippen molar-refractivity contribution in [2.75, 3.05) is 6.61 Å². The van der Waals surface area contributed by atoms with Crippen LogP contribution < -0.4 is 0 Å². The molecule has 1 atom stereocenters. The summed E-state index contributed by atoms with van der Waals surface area (Å²) >= 11 is 0. The number of carbonyl (C=O) groups is 1. The Morgan fingerprint density at radius 2 is 2.00 bits per heavy atom. The summed E-state index contributed by atoms with van der Waals surface area (Å²) < 4.78 is 4.62. The number of aliphatic hydroxyl groups is 3. The fraction of sp³-hybridized carbons (Fsp3) is 0.857. The number of cyclic esters (lactones) is 1. The van der Waals surface area contributed by atoms with E-state index in [1.807, 2.05) is 0 Å². The van der Waals surface area contributed by atoms with Crippen molar-refractivity contribution in [3.05, 3.63) is 0 Å². The molecule has 1 aliphatic rings. The molecule has 1 unspecified atom stereocenters. The molecule has 0 bridgehead atoms. The molecule has 1 fully saturated rings. The lowest BCUT2D eigenvalue weighted by Gasteiger charge is -2.21. The van der Waals surface area contributed by atoms with Crippen molar-refractivity contribution in [3.63, 3.8) is 0 Å². The van der Waals surface area contributed by atoms with Crippen LogP contribution in [-0.2, 0) is 9.53 Å². The van der Waals surface area contributed by atoms with Gasteiger partial charge in [-0.05, 0) is 19.3 Å². The Bertz CT molecular complexity index is 171. The van der Waals surface area contributed by atoms with Gasteiger partial charge in [0.25, 0.3) is 5.97 Å². The standard InChI is InChI=1S/C7H12O5/c8-6-5(7(9,10)11)3-1-2-4-12-6/h5,9-11H,1-4H2. The van der Waals surface area contributed by atoms with Crippen molar-refractivity contribution < 1.29 is 24.9 Å². The second-order valence-corrected chi connectivity index (χ2v) is 2.90. The van der Waals surface area contributed by atoms with Crippen molar-refractivity contribution in [2.24, 2.45) is 5.92 Å². The smallest absolute Gasteiger partial charge is 0.317 e. The maximum absolute atomic E-state index is 11.0. The molecule has 70 valence electrons. The third-order valence-electron chi connectivity index (χ3n) is 1.88. The average Bonchev–Trinajstić information content (AvgIpc) is 2.11. The van der Waals surface area contributed by atoms with Crippen LogP contribution in [0.25, 0.3) is 0 Å². The van der Waals surface area contributed by atoms with Gasteiger partial charge in [0.2, 0.25) is 0 Å². The van der Waals surface area contributed by atoms with Gasteiger partial charge in [0.15, 0.2) is 0 Å². The molecule has 0 amide bonds. The van der Waals surface area contributed by atoms with Gasteiger partial charge in [-0.1, -0.05) is 0 Å². The van der Waals surface area contributed by atoms with Crippen LogP contribution in [0.5, 0.6) is 0 Å². The Balaban J connectivity index is 2.66. The molecule has 5 heteroatoms. The van der Waals surface area contributed by atoms with Gasteiger partial charge in [-0.15, -0.1) is 0 Å². The van der Waals surface area contributed by atoms with Gasteiger partial charge in [0, 0.05) is 0 Å². The molecule has 0 saturated carbocycles. The predicted molar refractivity (Wildman–Crippen MR) is 37.7 cm³/mol. The normalized spacial score (nSPS) is 26.2. The van der Waals surface area contributed by atoms with Crippen LogP contribution in [0.4, 0.5) is 0 Å². The van der Waals surface area contributed by atoms with Crippen molar-refractivity contribution in [1.82, 2.24) is 0 Å². The lowest BCUT2D eigenvalue weighted by Crippen LogP contribution is -2.42. The second-order valence-electron chi connectivity index (χ2n) is 2.90. The molecule has 0 radical (unpaired) electrons. The number of hydrogen-bond donors (Lipinski definition) is 3. The highest BCUT2D eigenvalue weighted by atomic mass is 16.7. The van der Waals surface area contributed by atoms with E-state index in [0.29, 0.717) is 12.8 Å². The molecule has 0 spiro atoms. The highest BCUT2D eigenvalue weighted by Crippen LogP contribution is 2.22. The van der Waals surface area contributed by atoms with Gasteiger partial charge >= 0.3 is 5.97 Å². The molecule has 12 heavy (non-hydrogen) atoms. The molecule has 0 aromatic heterocycles. The summed E-state index contributed by atoms with van der Waals surface area (Å²) in [5.41, 5.74) is 0. The van der Waals surface area contributed by atoms with Crippen molar-refractivity contribution in [1.29, 1.82) is 0 Å². The third kappa shape index (κ3) is 2.17. The maximum Gasteiger partial charge on any atom is 0.317 e. The van der Waals surface area contributed by atoms with Gasteiger partial charge in [-0.2, -0.15) is 0 Å². The van der Waals surface area contributed by atoms with Crippen LogP contribution >= 0.6 is 0 Å². The van der Waals surface area contributed by atoms with E-state index in [0.717, 1.165) is 0 Å². The lowest BCUT2D eigenvalue weighted by atomic mass is 10.0. The van der Waals surface area contributed by atoms with E-state index >= 15 is 0 Å². The molecule has 1 heterocycles. The second kappa shape index (κ2) is 3.38. The zero-order valence-corrected chi connectivity index (χ0v) is 6.56.